The molecule has 0 aliphatic carbocycles. The number of rotatable bonds is 7. The van der Waals surface area contributed by atoms with Crippen LogP contribution in [0.4, 0.5) is 5.69 Å². The second-order valence-corrected chi connectivity index (χ2v) is 6.21. The van der Waals surface area contributed by atoms with Gasteiger partial charge in [0.05, 0.1) is 11.3 Å². The number of carbonyl (C=O) groups is 2. The van der Waals surface area contributed by atoms with E-state index < -0.39 is 5.97 Å². The van der Waals surface area contributed by atoms with E-state index in [4.69, 9.17) is 21.2 Å². The number of carbonyl (C=O) groups excluding carboxylic acids is 1. The maximum atomic E-state index is 12.1. The Bertz CT molecular complexity index is 954. The molecule has 27 heavy (non-hydrogen) atoms. The van der Waals surface area contributed by atoms with E-state index in [-0.39, 0.29) is 23.6 Å². The second kappa shape index (κ2) is 8.46. The summed E-state index contributed by atoms with van der Waals surface area (Å²) in [5.41, 5.74) is 1.12. The molecule has 1 aromatic heterocycles. The maximum Gasteiger partial charge on any atom is 0.337 e. The van der Waals surface area contributed by atoms with E-state index in [0.717, 1.165) is 5.56 Å². The lowest BCUT2D eigenvalue weighted by atomic mass is 10.1. The van der Waals surface area contributed by atoms with Gasteiger partial charge in [-0.3, -0.25) is 4.79 Å². The van der Waals surface area contributed by atoms with Crippen molar-refractivity contribution in [2.45, 2.75) is 19.3 Å². The van der Waals surface area contributed by atoms with Crippen LogP contribution in [-0.4, -0.2) is 27.1 Å². The van der Waals surface area contributed by atoms with Crippen LogP contribution in [0.1, 0.15) is 29.1 Å². The minimum atomic E-state index is -1.09. The van der Waals surface area contributed by atoms with Crippen molar-refractivity contribution in [3.8, 4) is 11.4 Å². The standard InChI is InChI=1S/C19H16ClN3O4/c20-13-10-8-12(9-11-13)18-22-17(27-23-18)7-3-6-16(24)21-15-5-2-1-4-14(15)19(25)26/h1-2,4-5,8-11H,3,6-7H2,(H,21,24)(H,25,26). The van der Waals surface area contributed by atoms with Gasteiger partial charge in [0.2, 0.25) is 17.6 Å². The normalized spacial score (nSPS) is 10.6. The summed E-state index contributed by atoms with van der Waals surface area (Å²) in [6.07, 6.45) is 1.13. The Balaban J connectivity index is 1.52. The molecule has 0 fully saturated rings. The summed E-state index contributed by atoms with van der Waals surface area (Å²) in [4.78, 5) is 27.5. The van der Waals surface area contributed by atoms with Gasteiger partial charge in [-0.1, -0.05) is 28.9 Å². The number of aryl methyl sites for hydroxylation is 1. The van der Waals surface area contributed by atoms with Crippen LogP contribution in [0.3, 0.4) is 0 Å². The molecule has 0 bridgehead atoms. The summed E-state index contributed by atoms with van der Waals surface area (Å²) >= 11 is 5.85. The molecule has 3 aromatic rings. The van der Waals surface area contributed by atoms with Crippen molar-refractivity contribution in [2.24, 2.45) is 0 Å². The van der Waals surface area contributed by atoms with Crippen LogP contribution in [0.15, 0.2) is 53.1 Å². The fraction of sp³-hybridized carbons (Fsp3) is 0.158. The number of benzene rings is 2. The first-order valence-electron chi connectivity index (χ1n) is 8.23. The van der Waals surface area contributed by atoms with Gasteiger partial charge in [0, 0.05) is 23.4 Å². The van der Waals surface area contributed by atoms with Gasteiger partial charge in [0.1, 0.15) is 0 Å². The van der Waals surface area contributed by atoms with Gasteiger partial charge in [-0.05, 0) is 42.8 Å². The molecule has 0 atom stereocenters. The van der Waals surface area contributed by atoms with Crippen molar-refractivity contribution in [3.63, 3.8) is 0 Å². The molecule has 2 N–H and O–H groups in total. The molecule has 0 unspecified atom stereocenters. The molecule has 0 saturated carbocycles. The van der Waals surface area contributed by atoms with E-state index in [1.165, 1.54) is 6.07 Å². The third kappa shape index (κ3) is 4.92. The molecule has 3 rings (SSSR count). The largest absolute Gasteiger partial charge is 0.478 e. The highest BCUT2D eigenvalue weighted by Gasteiger charge is 2.13. The first kappa shape index (κ1) is 18.6. The number of anilines is 1. The van der Waals surface area contributed by atoms with Crippen molar-refractivity contribution in [2.75, 3.05) is 5.32 Å². The number of aromatic carboxylic acids is 1. The van der Waals surface area contributed by atoms with Crippen LogP contribution >= 0.6 is 11.6 Å². The predicted octanol–water partition coefficient (Wildman–Crippen LogP) is 4.05. The highest BCUT2D eigenvalue weighted by Crippen LogP contribution is 2.19. The average molecular weight is 386 g/mol. The number of hydrogen-bond acceptors (Lipinski definition) is 5. The quantitative estimate of drug-likeness (QED) is 0.635. The van der Waals surface area contributed by atoms with Gasteiger partial charge in [-0.25, -0.2) is 4.79 Å². The summed E-state index contributed by atoms with van der Waals surface area (Å²) in [6.45, 7) is 0. The van der Waals surface area contributed by atoms with Gasteiger partial charge in [-0.15, -0.1) is 0 Å². The molecule has 138 valence electrons. The third-order valence-electron chi connectivity index (χ3n) is 3.80. The van der Waals surface area contributed by atoms with Crippen molar-refractivity contribution in [1.29, 1.82) is 0 Å². The van der Waals surface area contributed by atoms with Crippen molar-refractivity contribution in [1.82, 2.24) is 10.1 Å². The van der Waals surface area contributed by atoms with Gasteiger partial charge < -0.3 is 14.9 Å². The SMILES string of the molecule is O=C(CCCc1nc(-c2ccc(Cl)cc2)no1)Nc1ccccc1C(=O)O. The Labute approximate surface area is 160 Å². The number of carboxylic acid groups (broad SMARTS) is 1. The highest BCUT2D eigenvalue weighted by atomic mass is 35.5. The van der Waals surface area contributed by atoms with Crippen LogP contribution in [0.2, 0.25) is 5.02 Å². The van der Waals surface area contributed by atoms with Crippen molar-refractivity contribution in [3.05, 3.63) is 65.0 Å². The summed E-state index contributed by atoms with van der Waals surface area (Å²) in [7, 11) is 0. The maximum absolute atomic E-state index is 12.1. The first-order valence-corrected chi connectivity index (χ1v) is 8.61. The molecule has 8 heteroatoms. The second-order valence-electron chi connectivity index (χ2n) is 5.77. The molecular weight excluding hydrogens is 370 g/mol. The predicted molar refractivity (Wildman–Crippen MR) is 99.7 cm³/mol. The number of nitrogens with one attached hydrogen (secondary N) is 1. The van der Waals surface area contributed by atoms with E-state index in [1.54, 1.807) is 42.5 Å². The van der Waals surface area contributed by atoms with Crippen LogP contribution in [-0.2, 0) is 11.2 Å². The molecule has 0 radical (unpaired) electrons. The van der Waals surface area contributed by atoms with Crippen LogP contribution in [0, 0.1) is 0 Å². The Morgan fingerprint density at radius 1 is 1.11 bits per heavy atom. The van der Waals surface area contributed by atoms with Crippen LogP contribution in [0.25, 0.3) is 11.4 Å². The number of carboxylic acids is 1. The van der Waals surface area contributed by atoms with E-state index in [2.05, 4.69) is 15.5 Å². The number of amides is 1. The lowest BCUT2D eigenvalue weighted by Gasteiger charge is -2.07. The van der Waals surface area contributed by atoms with E-state index in [1.807, 2.05) is 0 Å². The molecule has 0 aliphatic heterocycles. The third-order valence-corrected chi connectivity index (χ3v) is 4.05. The Hall–Kier alpha value is -3.19. The number of aromatic nitrogens is 2. The van der Waals surface area contributed by atoms with E-state index >= 15 is 0 Å². The number of halogens is 1. The fourth-order valence-electron chi connectivity index (χ4n) is 2.46. The summed E-state index contributed by atoms with van der Waals surface area (Å²) in [5, 5.41) is 16.3. The molecule has 2 aromatic carbocycles. The molecule has 7 nitrogen and oxygen atoms in total. The zero-order valence-corrected chi connectivity index (χ0v) is 14.9. The Kier molecular flexibility index (Phi) is 5.83. The summed E-state index contributed by atoms with van der Waals surface area (Å²) in [5.74, 6) is -0.479. The number of nitrogens with zero attached hydrogens (tertiary/aromatic N) is 2. The smallest absolute Gasteiger partial charge is 0.337 e. The summed E-state index contributed by atoms with van der Waals surface area (Å²) < 4.78 is 5.20. The molecule has 0 saturated heterocycles. The molecule has 0 aliphatic rings. The minimum absolute atomic E-state index is 0.0513. The lowest BCUT2D eigenvalue weighted by molar-refractivity contribution is -0.116. The van der Waals surface area contributed by atoms with Crippen molar-refractivity contribution >= 4 is 29.2 Å². The van der Waals surface area contributed by atoms with Crippen LogP contribution in [0.5, 0.6) is 0 Å². The average Bonchev–Trinajstić information content (AvgIpc) is 3.11. The van der Waals surface area contributed by atoms with Gasteiger partial charge in [0.25, 0.3) is 0 Å². The van der Waals surface area contributed by atoms with Gasteiger partial charge in [-0.2, -0.15) is 4.98 Å². The van der Waals surface area contributed by atoms with E-state index in [9.17, 15) is 9.59 Å². The van der Waals surface area contributed by atoms with Crippen LogP contribution < -0.4 is 5.32 Å². The molecule has 0 spiro atoms. The monoisotopic (exact) mass is 385 g/mol. The highest BCUT2D eigenvalue weighted by molar-refractivity contribution is 6.30. The molecular formula is C19H16ClN3O4. The zero-order chi connectivity index (χ0) is 19.2. The molecule has 1 amide bonds. The fourth-order valence-corrected chi connectivity index (χ4v) is 2.59. The number of hydrogen-bond donors (Lipinski definition) is 2. The number of para-hydroxylation sites is 1. The topological polar surface area (TPSA) is 105 Å². The van der Waals surface area contributed by atoms with Crippen molar-refractivity contribution < 1.29 is 19.2 Å². The van der Waals surface area contributed by atoms with Gasteiger partial charge in [0.15, 0.2) is 0 Å². The Morgan fingerprint density at radius 3 is 2.59 bits per heavy atom. The first-order chi connectivity index (χ1) is 13.0. The lowest BCUT2D eigenvalue weighted by Crippen LogP contribution is -2.14. The van der Waals surface area contributed by atoms with E-state index in [0.29, 0.717) is 29.6 Å². The zero-order valence-electron chi connectivity index (χ0n) is 14.2. The minimum Gasteiger partial charge on any atom is -0.478 e. The summed E-state index contributed by atoms with van der Waals surface area (Å²) in [6, 6.07) is 13.3. The van der Waals surface area contributed by atoms with Gasteiger partial charge >= 0.3 is 5.97 Å². The Morgan fingerprint density at radius 2 is 1.85 bits per heavy atom. The molecule has 1 heterocycles.